The molecule has 17 heavy (non-hydrogen) atoms. The van der Waals surface area contributed by atoms with Crippen molar-refractivity contribution < 1.29 is 4.79 Å². The zero-order valence-corrected chi connectivity index (χ0v) is 10.4. The van der Waals surface area contributed by atoms with E-state index in [0.29, 0.717) is 12.1 Å². The van der Waals surface area contributed by atoms with Gasteiger partial charge in [0.15, 0.2) is 0 Å². The molecule has 0 fully saturated rings. The number of nitrogens with zero attached hydrogens (tertiary/aromatic N) is 1. The van der Waals surface area contributed by atoms with E-state index in [2.05, 4.69) is 10.3 Å². The van der Waals surface area contributed by atoms with E-state index >= 15 is 0 Å². The number of thiophene rings is 1. The minimum absolute atomic E-state index is 0.217. The van der Waals surface area contributed by atoms with Gasteiger partial charge in [0.05, 0.1) is 10.6 Å². The van der Waals surface area contributed by atoms with Crippen LogP contribution in [0.15, 0.2) is 29.1 Å². The van der Waals surface area contributed by atoms with Gasteiger partial charge in [-0.25, -0.2) is 4.98 Å². The van der Waals surface area contributed by atoms with Crippen LogP contribution in [0.2, 0.25) is 5.02 Å². The van der Waals surface area contributed by atoms with Gasteiger partial charge in [-0.15, -0.1) is 0 Å². The number of hydrogen-bond acceptors (Lipinski definition) is 4. The number of nitrogen functional groups attached to an aromatic ring is 1. The van der Waals surface area contributed by atoms with Crippen molar-refractivity contribution in [3.63, 3.8) is 0 Å². The third-order valence-corrected chi connectivity index (χ3v) is 3.20. The Morgan fingerprint density at radius 1 is 1.59 bits per heavy atom. The standard InChI is InChI=1S/C11H10ClN3OS/c12-9-3-8(5-14-10(9)13)11(16)15-4-7-1-2-17-6-7/h1-3,5-6H,4H2,(H2,13,14)(H,15,16). The number of aromatic nitrogens is 1. The Kier molecular flexibility index (Phi) is 3.61. The molecule has 0 radical (unpaired) electrons. The molecule has 0 saturated carbocycles. The van der Waals surface area contributed by atoms with Gasteiger partial charge in [-0.05, 0) is 28.5 Å². The topological polar surface area (TPSA) is 68.0 Å². The molecule has 3 N–H and O–H groups in total. The predicted octanol–water partition coefficient (Wildman–Crippen LogP) is 2.31. The van der Waals surface area contributed by atoms with Crippen LogP contribution < -0.4 is 11.1 Å². The minimum atomic E-state index is -0.217. The first kappa shape index (κ1) is 11.9. The van der Waals surface area contributed by atoms with Crippen LogP contribution in [0.3, 0.4) is 0 Å². The number of carbonyl (C=O) groups is 1. The lowest BCUT2D eigenvalue weighted by molar-refractivity contribution is 0.0950. The molecule has 2 heterocycles. The van der Waals surface area contributed by atoms with Gasteiger partial charge in [-0.1, -0.05) is 11.6 Å². The molecule has 0 spiro atoms. The van der Waals surface area contributed by atoms with E-state index in [0.717, 1.165) is 5.56 Å². The number of hydrogen-bond donors (Lipinski definition) is 2. The summed E-state index contributed by atoms with van der Waals surface area (Å²) in [5, 5.41) is 7.00. The fourth-order valence-corrected chi connectivity index (χ4v) is 2.09. The molecule has 0 bridgehead atoms. The van der Waals surface area contributed by atoms with E-state index in [1.54, 1.807) is 11.3 Å². The number of carbonyl (C=O) groups excluding carboxylic acids is 1. The highest BCUT2D eigenvalue weighted by Gasteiger charge is 2.08. The van der Waals surface area contributed by atoms with Crippen molar-refractivity contribution in [1.29, 1.82) is 0 Å². The molecule has 2 rings (SSSR count). The smallest absolute Gasteiger partial charge is 0.253 e. The summed E-state index contributed by atoms with van der Waals surface area (Å²) < 4.78 is 0. The first-order valence-corrected chi connectivity index (χ1v) is 6.19. The van der Waals surface area contributed by atoms with Crippen LogP contribution in [-0.4, -0.2) is 10.9 Å². The Balaban J connectivity index is 2.02. The Morgan fingerprint density at radius 2 is 2.41 bits per heavy atom. The van der Waals surface area contributed by atoms with Crippen LogP contribution in [0.4, 0.5) is 5.82 Å². The molecule has 0 aliphatic carbocycles. The van der Waals surface area contributed by atoms with Crippen molar-refractivity contribution >= 4 is 34.7 Å². The van der Waals surface area contributed by atoms with Gasteiger partial charge < -0.3 is 11.1 Å². The summed E-state index contributed by atoms with van der Waals surface area (Å²) in [6.07, 6.45) is 1.41. The summed E-state index contributed by atoms with van der Waals surface area (Å²) in [6, 6.07) is 3.46. The maximum atomic E-state index is 11.8. The lowest BCUT2D eigenvalue weighted by Gasteiger charge is -2.04. The number of pyridine rings is 1. The molecule has 88 valence electrons. The summed E-state index contributed by atoms with van der Waals surface area (Å²) >= 11 is 7.38. The molecule has 4 nitrogen and oxygen atoms in total. The highest BCUT2D eigenvalue weighted by atomic mass is 35.5. The SMILES string of the molecule is Nc1ncc(C(=O)NCc2ccsc2)cc1Cl. The summed E-state index contributed by atoms with van der Waals surface area (Å²) in [7, 11) is 0. The van der Waals surface area contributed by atoms with Crippen LogP contribution in [-0.2, 0) is 6.54 Å². The maximum Gasteiger partial charge on any atom is 0.253 e. The average Bonchev–Trinajstić information content (AvgIpc) is 2.82. The van der Waals surface area contributed by atoms with Crippen LogP contribution >= 0.6 is 22.9 Å². The second kappa shape index (κ2) is 5.16. The van der Waals surface area contributed by atoms with Gasteiger partial charge in [0.2, 0.25) is 0 Å². The number of anilines is 1. The molecular weight excluding hydrogens is 258 g/mol. The van der Waals surface area contributed by atoms with Crippen molar-refractivity contribution in [2.45, 2.75) is 6.54 Å². The Labute approximate surface area is 107 Å². The van der Waals surface area contributed by atoms with Gasteiger partial charge in [0.1, 0.15) is 5.82 Å². The highest BCUT2D eigenvalue weighted by molar-refractivity contribution is 7.07. The highest BCUT2D eigenvalue weighted by Crippen LogP contribution is 2.16. The zero-order chi connectivity index (χ0) is 12.3. The minimum Gasteiger partial charge on any atom is -0.382 e. The molecule has 1 amide bonds. The van der Waals surface area contributed by atoms with Gasteiger partial charge in [0, 0.05) is 12.7 Å². The molecule has 0 aromatic carbocycles. The van der Waals surface area contributed by atoms with Crippen LogP contribution in [0, 0.1) is 0 Å². The number of rotatable bonds is 3. The Hall–Kier alpha value is -1.59. The second-order valence-electron chi connectivity index (χ2n) is 3.41. The molecule has 2 aromatic heterocycles. The molecule has 0 aliphatic heterocycles. The van der Waals surface area contributed by atoms with E-state index in [1.807, 2.05) is 16.8 Å². The monoisotopic (exact) mass is 267 g/mol. The Bertz CT molecular complexity index is 528. The Morgan fingerprint density at radius 3 is 3.06 bits per heavy atom. The summed E-state index contributed by atoms with van der Waals surface area (Å²) in [5.74, 6) is 0.00616. The fourth-order valence-electron chi connectivity index (χ4n) is 1.25. The van der Waals surface area contributed by atoms with Crippen molar-refractivity contribution in [3.8, 4) is 0 Å². The lowest BCUT2D eigenvalue weighted by Crippen LogP contribution is -2.22. The number of nitrogens with one attached hydrogen (secondary N) is 1. The maximum absolute atomic E-state index is 11.8. The average molecular weight is 268 g/mol. The molecule has 6 heteroatoms. The third-order valence-electron chi connectivity index (χ3n) is 2.17. The van der Waals surface area contributed by atoms with E-state index in [1.165, 1.54) is 12.3 Å². The molecule has 0 unspecified atom stereocenters. The number of halogens is 1. The van der Waals surface area contributed by atoms with E-state index < -0.39 is 0 Å². The van der Waals surface area contributed by atoms with Gasteiger partial charge >= 0.3 is 0 Å². The summed E-state index contributed by atoms with van der Waals surface area (Å²) in [6.45, 7) is 0.490. The largest absolute Gasteiger partial charge is 0.382 e. The number of nitrogens with two attached hydrogens (primary N) is 1. The van der Waals surface area contributed by atoms with E-state index in [4.69, 9.17) is 17.3 Å². The third kappa shape index (κ3) is 2.95. The summed E-state index contributed by atoms with van der Waals surface area (Å²) in [4.78, 5) is 15.6. The van der Waals surface area contributed by atoms with Crippen molar-refractivity contribution in [1.82, 2.24) is 10.3 Å². The van der Waals surface area contributed by atoms with Crippen LogP contribution in [0.5, 0.6) is 0 Å². The molecular formula is C11H10ClN3OS. The van der Waals surface area contributed by atoms with E-state index in [-0.39, 0.29) is 16.7 Å². The van der Waals surface area contributed by atoms with Crippen molar-refractivity contribution in [2.75, 3.05) is 5.73 Å². The predicted molar refractivity (Wildman–Crippen MR) is 69.1 cm³/mol. The van der Waals surface area contributed by atoms with Crippen molar-refractivity contribution in [2.24, 2.45) is 0 Å². The van der Waals surface area contributed by atoms with E-state index in [9.17, 15) is 4.79 Å². The normalized spacial score (nSPS) is 10.2. The van der Waals surface area contributed by atoms with Crippen LogP contribution in [0.1, 0.15) is 15.9 Å². The lowest BCUT2D eigenvalue weighted by atomic mass is 10.2. The summed E-state index contributed by atoms with van der Waals surface area (Å²) in [5.41, 5.74) is 6.94. The van der Waals surface area contributed by atoms with Gasteiger partial charge in [0.25, 0.3) is 5.91 Å². The van der Waals surface area contributed by atoms with Crippen LogP contribution in [0.25, 0.3) is 0 Å². The van der Waals surface area contributed by atoms with Gasteiger partial charge in [-0.2, -0.15) is 11.3 Å². The first-order chi connectivity index (χ1) is 8.16. The van der Waals surface area contributed by atoms with Gasteiger partial charge in [-0.3, -0.25) is 4.79 Å². The zero-order valence-electron chi connectivity index (χ0n) is 8.81. The first-order valence-electron chi connectivity index (χ1n) is 4.87. The fraction of sp³-hybridized carbons (Fsp3) is 0.0909. The molecule has 0 atom stereocenters. The molecule has 0 saturated heterocycles. The molecule has 2 aromatic rings. The second-order valence-corrected chi connectivity index (χ2v) is 4.59. The van der Waals surface area contributed by atoms with Crippen molar-refractivity contribution in [3.05, 3.63) is 45.2 Å². The quantitative estimate of drug-likeness (QED) is 0.897. The molecule has 0 aliphatic rings. The number of amides is 1.